The summed E-state index contributed by atoms with van der Waals surface area (Å²) in [6, 6.07) is 18.4. The van der Waals surface area contributed by atoms with Crippen LogP contribution in [-0.4, -0.2) is 31.7 Å². The number of benzene rings is 2. The lowest BCUT2D eigenvalue weighted by atomic mass is 9.87. The first-order valence-corrected chi connectivity index (χ1v) is 12.4. The molecule has 0 aliphatic carbocycles. The van der Waals surface area contributed by atoms with E-state index in [1.54, 1.807) is 12.1 Å². The zero-order chi connectivity index (χ0) is 22.0. The Labute approximate surface area is 186 Å². The zero-order valence-corrected chi connectivity index (χ0v) is 19.0. The first-order valence-electron chi connectivity index (χ1n) is 10.2. The van der Waals surface area contributed by atoms with Gasteiger partial charge in [0, 0.05) is 29.1 Å². The molecule has 31 heavy (non-hydrogen) atoms. The molecule has 0 saturated carbocycles. The van der Waals surface area contributed by atoms with Crippen LogP contribution >= 0.6 is 11.3 Å². The average molecular weight is 457 g/mol. The number of carbonyl (C=O) groups excluding carboxylic acids is 1. The van der Waals surface area contributed by atoms with Gasteiger partial charge < -0.3 is 10.1 Å². The van der Waals surface area contributed by atoms with Crippen molar-refractivity contribution in [3.63, 3.8) is 0 Å². The minimum atomic E-state index is -3.50. The van der Waals surface area contributed by atoms with Crippen molar-refractivity contribution in [1.29, 1.82) is 0 Å². The largest absolute Gasteiger partial charge is 0.457 e. The van der Waals surface area contributed by atoms with Gasteiger partial charge in [-0.15, -0.1) is 11.3 Å². The number of para-hydroxylation sites is 2. The molecule has 1 aliphatic rings. The molecular formula is C23H24N2O4S2. The van der Waals surface area contributed by atoms with Crippen molar-refractivity contribution in [2.24, 2.45) is 0 Å². The van der Waals surface area contributed by atoms with Gasteiger partial charge in [-0.2, -0.15) is 4.31 Å². The lowest BCUT2D eigenvalue weighted by molar-refractivity contribution is -0.122. The fourth-order valence-corrected chi connectivity index (χ4v) is 6.66. The monoisotopic (exact) mass is 456 g/mol. The minimum absolute atomic E-state index is 0.148. The molecule has 0 fully saturated rings. The van der Waals surface area contributed by atoms with Crippen molar-refractivity contribution in [2.45, 2.75) is 30.5 Å². The molecule has 0 atom stereocenters. The summed E-state index contributed by atoms with van der Waals surface area (Å²) in [6.45, 7) is 4.74. The van der Waals surface area contributed by atoms with Crippen molar-refractivity contribution in [3.05, 3.63) is 76.7 Å². The highest BCUT2D eigenvalue weighted by Gasteiger charge is 2.32. The van der Waals surface area contributed by atoms with E-state index in [-0.39, 0.29) is 12.5 Å². The van der Waals surface area contributed by atoms with Crippen molar-refractivity contribution in [2.75, 3.05) is 13.1 Å². The summed E-state index contributed by atoms with van der Waals surface area (Å²) in [7, 11) is -3.50. The van der Waals surface area contributed by atoms with E-state index in [0.29, 0.717) is 28.8 Å². The third kappa shape index (κ3) is 4.11. The van der Waals surface area contributed by atoms with Crippen molar-refractivity contribution >= 4 is 27.3 Å². The summed E-state index contributed by atoms with van der Waals surface area (Å²) < 4.78 is 33.1. The number of hydrogen-bond acceptors (Lipinski definition) is 5. The first kappa shape index (κ1) is 21.5. The van der Waals surface area contributed by atoms with Crippen LogP contribution in [0.3, 0.4) is 0 Å². The normalized spacial score (nSPS) is 13.4. The number of nitrogens with one attached hydrogen (secondary N) is 1. The molecule has 1 amide bonds. The number of amides is 1. The van der Waals surface area contributed by atoms with Crippen LogP contribution in [0.25, 0.3) is 0 Å². The Kier molecular flexibility index (Phi) is 6.13. The van der Waals surface area contributed by atoms with E-state index >= 15 is 0 Å². The predicted molar refractivity (Wildman–Crippen MR) is 121 cm³/mol. The lowest BCUT2D eigenvalue weighted by Gasteiger charge is -2.27. The first-order chi connectivity index (χ1) is 15.0. The molecule has 0 bridgehead atoms. The van der Waals surface area contributed by atoms with Gasteiger partial charge in [-0.25, -0.2) is 8.42 Å². The highest BCUT2D eigenvalue weighted by Crippen LogP contribution is 2.43. The van der Waals surface area contributed by atoms with E-state index in [0.717, 1.165) is 16.0 Å². The number of sulfonamides is 1. The van der Waals surface area contributed by atoms with Crippen LogP contribution in [0.4, 0.5) is 0 Å². The van der Waals surface area contributed by atoms with Crippen molar-refractivity contribution < 1.29 is 17.9 Å². The number of carbonyl (C=O) groups is 1. The maximum atomic E-state index is 13.2. The van der Waals surface area contributed by atoms with Crippen molar-refractivity contribution in [1.82, 2.24) is 9.62 Å². The molecule has 0 saturated heterocycles. The third-order valence-electron chi connectivity index (χ3n) is 5.32. The number of rotatable bonds is 7. The fraction of sp³-hybridized carbons (Fsp3) is 0.261. The Hall–Kier alpha value is -2.68. The molecule has 1 aliphatic heterocycles. The predicted octanol–water partition coefficient (Wildman–Crippen LogP) is 4.33. The van der Waals surface area contributed by atoms with Gasteiger partial charge in [0.25, 0.3) is 10.0 Å². The summed E-state index contributed by atoms with van der Waals surface area (Å²) in [6.07, 6.45) is 0. The second-order valence-corrected chi connectivity index (χ2v) is 10.5. The number of thiophene rings is 1. The SMILES string of the molecule is CCN(CC)S(=O)(=O)c1ccc(CNC(=O)C2c3ccccc3Oc3ccccc32)s1. The molecule has 3 aromatic rings. The second kappa shape index (κ2) is 8.82. The fourth-order valence-electron chi connectivity index (χ4n) is 3.75. The van der Waals surface area contributed by atoms with Gasteiger partial charge in [-0.3, -0.25) is 4.79 Å². The Balaban J connectivity index is 1.54. The van der Waals surface area contributed by atoms with Crippen LogP contribution in [0.5, 0.6) is 11.5 Å². The molecule has 6 nitrogen and oxygen atoms in total. The number of fused-ring (bicyclic) bond motifs is 2. The Morgan fingerprint density at radius 3 is 2.13 bits per heavy atom. The number of ether oxygens (including phenoxy) is 1. The van der Waals surface area contributed by atoms with Crippen LogP contribution in [0, 0.1) is 0 Å². The summed E-state index contributed by atoms with van der Waals surface area (Å²) in [5.74, 6) is 0.708. The van der Waals surface area contributed by atoms with Crippen LogP contribution in [0.15, 0.2) is 64.9 Å². The van der Waals surface area contributed by atoms with E-state index in [1.165, 1.54) is 15.6 Å². The smallest absolute Gasteiger partial charge is 0.252 e. The van der Waals surface area contributed by atoms with Gasteiger partial charge in [0.2, 0.25) is 5.91 Å². The summed E-state index contributed by atoms with van der Waals surface area (Å²) in [5.41, 5.74) is 1.63. The molecule has 1 aromatic heterocycles. The van der Waals surface area contributed by atoms with Gasteiger partial charge in [0.1, 0.15) is 15.7 Å². The number of hydrogen-bond donors (Lipinski definition) is 1. The quantitative estimate of drug-likeness (QED) is 0.574. The Morgan fingerprint density at radius 2 is 1.55 bits per heavy atom. The lowest BCUT2D eigenvalue weighted by Crippen LogP contribution is -2.31. The summed E-state index contributed by atoms with van der Waals surface area (Å²) in [4.78, 5) is 14.0. The average Bonchev–Trinajstić information content (AvgIpc) is 3.26. The van der Waals surface area contributed by atoms with Crippen LogP contribution < -0.4 is 10.1 Å². The van der Waals surface area contributed by atoms with Crippen LogP contribution in [0.1, 0.15) is 35.8 Å². The second-order valence-electron chi connectivity index (χ2n) is 7.14. The van der Waals surface area contributed by atoms with E-state index in [1.807, 2.05) is 62.4 Å². The summed E-state index contributed by atoms with van der Waals surface area (Å²) in [5, 5.41) is 2.98. The Bertz CT molecular complexity index is 1150. The van der Waals surface area contributed by atoms with Gasteiger partial charge >= 0.3 is 0 Å². The molecule has 2 heterocycles. The van der Waals surface area contributed by atoms with Gasteiger partial charge in [-0.05, 0) is 24.3 Å². The molecule has 162 valence electrons. The van der Waals surface area contributed by atoms with Gasteiger partial charge in [0.15, 0.2) is 0 Å². The van der Waals surface area contributed by atoms with E-state index < -0.39 is 15.9 Å². The minimum Gasteiger partial charge on any atom is -0.457 e. The molecular weight excluding hydrogens is 432 g/mol. The van der Waals surface area contributed by atoms with Gasteiger partial charge in [0.05, 0.1) is 12.5 Å². The molecule has 0 unspecified atom stereocenters. The van der Waals surface area contributed by atoms with Gasteiger partial charge in [-0.1, -0.05) is 50.2 Å². The highest BCUT2D eigenvalue weighted by molar-refractivity contribution is 7.91. The van der Waals surface area contributed by atoms with Crippen LogP contribution in [-0.2, 0) is 21.4 Å². The third-order valence-corrected chi connectivity index (χ3v) is 8.92. The standard InChI is InChI=1S/C23H24N2O4S2/c1-3-25(4-2)31(27,28)21-14-13-16(30-21)15-24-23(26)22-17-9-5-7-11-19(17)29-20-12-8-6-10-18(20)22/h5-14,22H,3-4,15H2,1-2H3,(H,24,26). The van der Waals surface area contributed by atoms with Crippen LogP contribution in [0.2, 0.25) is 0 Å². The molecule has 0 spiro atoms. The van der Waals surface area contributed by atoms with E-state index in [2.05, 4.69) is 5.32 Å². The molecule has 1 N–H and O–H groups in total. The number of nitrogens with zero attached hydrogens (tertiary/aromatic N) is 1. The summed E-state index contributed by atoms with van der Waals surface area (Å²) >= 11 is 1.19. The molecule has 2 aromatic carbocycles. The Morgan fingerprint density at radius 1 is 0.968 bits per heavy atom. The maximum absolute atomic E-state index is 13.2. The maximum Gasteiger partial charge on any atom is 0.252 e. The molecule has 4 rings (SSSR count). The topological polar surface area (TPSA) is 75.7 Å². The molecule has 0 radical (unpaired) electrons. The van der Waals surface area contributed by atoms with E-state index in [4.69, 9.17) is 4.74 Å². The zero-order valence-electron chi connectivity index (χ0n) is 17.4. The highest BCUT2D eigenvalue weighted by atomic mass is 32.2. The van der Waals surface area contributed by atoms with Crippen molar-refractivity contribution in [3.8, 4) is 11.5 Å². The molecule has 8 heteroatoms. The van der Waals surface area contributed by atoms with E-state index in [9.17, 15) is 13.2 Å².